The van der Waals surface area contributed by atoms with Crippen LogP contribution in [0.5, 0.6) is 0 Å². The van der Waals surface area contributed by atoms with Crippen molar-refractivity contribution >= 4 is 49.6 Å². The highest BCUT2D eigenvalue weighted by Crippen LogP contribution is 2.42. The highest BCUT2D eigenvalue weighted by molar-refractivity contribution is 7.21. The minimum atomic E-state index is -0.243. The van der Waals surface area contributed by atoms with Crippen LogP contribution in [0.1, 0.15) is 66.5 Å². The summed E-state index contributed by atoms with van der Waals surface area (Å²) in [4.78, 5) is 19.0. The van der Waals surface area contributed by atoms with E-state index >= 15 is 0 Å². The minimum absolute atomic E-state index is 0.243. The molecule has 1 aliphatic rings. The second kappa shape index (κ2) is 7.65. The first-order valence-electron chi connectivity index (χ1n) is 10.2. The van der Waals surface area contributed by atoms with E-state index in [1.54, 1.807) is 0 Å². The predicted molar refractivity (Wildman–Crippen MR) is 121 cm³/mol. The molecule has 0 saturated carbocycles. The lowest BCUT2D eigenvalue weighted by Crippen LogP contribution is -2.29. The molecular weight excluding hydrogens is 402 g/mol. The molecule has 29 heavy (non-hydrogen) atoms. The van der Waals surface area contributed by atoms with Crippen LogP contribution in [0.15, 0.2) is 6.07 Å². The highest BCUT2D eigenvalue weighted by atomic mass is 32.1. The van der Waals surface area contributed by atoms with E-state index in [-0.39, 0.29) is 5.91 Å². The van der Waals surface area contributed by atoms with Crippen molar-refractivity contribution in [1.29, 1.82) is 0 Å². The number of fused-ring (bicyclic) bond motifs is 2. The first-order valence-corrected chi connectivity index (χ1v) is 11.8. The van der Waals surface area contributed by atoms with Gasteiger partial charge in [-0.25, -0.2) is 4.98 Å². The summed E-state index contributed by atoms with van der Waals surface area (Å²) in [7, 11) is 0. The zero-order chi connectivity index (χ0) is 20.8. The molecule has 3 N–H and O–H groups in total. The number of carbonyl (C=O) groups is 1. The molecule has 0 saturated heterocycles. The normalized spacial score (nSPS) is 16.8. The SMILES string of the molecule is CCc1nnc(NC(=O)c2sc3nc4c(cc3c2N)CC(C(C)(C)CC)CC4)s1. The third-order valence-electron chi connectivity index (χ3n) is 6.30. The third kappa shape index (κ3) is 3.75. The molecule has 4 rings (SSSR count). The van der Waals surface area contributed by atoms with Gasteiger partial charge < -0.3 is 5.73 Å². The van der Waals surface area contributed by atoms with Crippen LogP contribution >= 0.6 is 22.7 Å². The van der Waals surface area contributed by atoms with Crippen molar-refractivity contribution < 1.29 is 4.79 Å². The molecule has 0 bridgehead atoms. The lowest BCUT2D eigenvalue weighted by molar-refractivity contribution is 0.103. The molecule has 0 fully saturated rings. The maximum absolute atomic E-state index is 12.8. The Labute approximate surface area is 179 Å². The van der Waals surface area contributed by atoms with Crippen LogP contribution in [0.25, 0.3) is 10.2 Å². The van der Waals surface area contributed by atoms with Crippen molar-refractivity contribution in [1.82, 2.24) is 15.2 Å². The summed E-state index contributed by atoms with van der Waals surface area (Å²) in [5.41, 5.74) is 9.65. The summed E-state index contributed by atoms with van der Waals surface area (Å²) in [5.74, 6) is 0.402. The molecule has 154 valence electrons. The number of pyridine rings is 1. The van der Waals surface area contributed by atoms with Gasteiger partial charge in [0.15, 0.2) is 0 Å². The van der Waals surface area contributed by atoms with Gasteiger partial charge in [-0.15, -0.1) is 21.5 Å². The van der Waals surface area contributed by atoms with Gasteiger partial charge in [0.05, 0.1) is 5.69 Å². The Balaban J connectivity index is 1.63. The van der Waals surface area contributed by atoms with Crippen molar-refractivity contribution in [2.75, 3.05) is 11.1 Å². The Morgan fingerprint density at radius 2 is 2.10 bits per heavy atom. The van der Waals surface area contributed by atoms with Gasteiger partial charge in [0, 0.05) is 11.1 Å². The molecule has 1 aliphatic carbocycles. The second-order valence-electron chi connectivity index (χ2n) is 8.38. The Morgan fingerprint density at radius 3 is 2.79 bits per heavy atom. The molecular formula is C21H27N5OS2. The van der Waals surface area contributed by atoms with Gasteiger partial charge in [-0.3, -0.25) is 10.1 Å². The van der Waals surface area contributed by atoms with Crippen molar-refractivity contribution in [3.63, 3.8) is 0 Å². The number of aromatic nitrogens is 3. The number of aryl methyl sites for hydroxylation is 2. The van der Waals surface area contributed by atoms with Crippen molar-refractivity contribution in [3.05, 3.63) is 27.2 Å². The van der Waals surface area contributed by atoms with Crippen LogP contribution in [-0.2, 0) is 19.3 Å². The van der Waals surface area contributed by atoms with Crippen LogP contribution in [0.3, 0.4) is 0 Å². The number of thiophene rings is 1. The fourth-order valence-corrected chi connectivity index (χ4v) is 5.58. The van der Waals surface area contributed by atoms with Crippen molar-refractivity contribution in [2.45, 2.75) is 59.8 Å². The summed E-state index contributed by atoms with van der Waals surface area (Å²) in [6.45, 7) is 8.98. The first-order chi connectivity index (χ1) is 13.8. The average molecular weight is 430 g/mol. The van der Waals surface area contributed by atoms with Crippen LogP contribution < -0.4 is 11.1 Å². The highest BCUT2D eigenvalue weighted by Gasteiger charge is 2.32. The molecule has 0 aliphatic heterocycles. The number of hydrogen-bond acceptors (Lipinski definition) is 7. The maximum atomic E-state index is 12.8. The number of nitrogens with zero attached hydrogens (tertiary/aromatic N) is 3. The minimum Gasteiger partial charge on any atom is -0.397 e. The maximum Gasteiger partial charge on any atom is 0.269 e. The van der Waals surface area contributed by atoms with Gasteiger partial charge in [-0.2, -0.15) is 0 Å². The Kier molecular flexibility index (Phi) is 5.33. The van der Waals surface area contributed by atoms with E-state index in [1.165, 1.54) is 34.7 Å². The lowest BCUT2D eigenvalue weighted by atomic mass is 9.69. The average Bonchev–Trinajstić information content (AvgIpc) is 3.30. The lowest BCUT2D eigenvalue weighted by Gasteiger charge is -2.36. The smallest absolute Gasteiger partial charge is 0.269 e. The van der Waals surface area contributed by atoms with Gasteiger partial charge in [0.25, 0.3) is 5.91 Å². The van der Waals surface area contributed by atoms with Gasteiger partial charge >= 0.3 is 0 Å². The number of carbonyl (C=O) groups excluding carboxylic acids is 1. The molecule has 6 nitrogen and oxygen atoms in total. The number of nitrogens with two attached hydrogens (primary N) is 1. The van der Waals surface area contributed by atoms with Crippen molar-refractivity contribution in [3.8, 4) is 0 Å². The molecule has 8 heteroatoms. The van der Waals surface area contributed by atoms with E-state index in [2.05, 4.69) is 42.4 Å². The summed E-state index contributed by atoms with van der Waals surface area (Å²) in [5, 5.41) is 13.2. The van der Waals surface area contributed by atoms with Gasteiger partial charge in [0.1, 0.15) is 14.7 Å². The number of rotatable bonds is 5. The number of nitrogens with one attached hydrogen (secondary N) is 1. The van der Waals surface area contributed by atoms with E-state index in [0.717, 1.165) is 46.6 Å². The number of anilines is 2. The molecule has 3 aromatic heterocycles. The fraction of sp³-hybridized carbons (Fsp3) is 0.524. The molecule has 3 heterocycles. The van der Waals surface area contributed by atoms with Gasteiger partial charge in [0.2, 0.25) is 5.13 Å². The van der Waals surface area contributed by atoms with E-state index in [9.17, 15) is 4.79 Å². The standard InChI is InChI=1S/C21H27N5OS2/c1-5-15-25-26-20(28-15)24-18(27)17-16(22)13-10-11-9-12(21(3,4)6-2)7-8-14(11)23-19(13)29-17/h10,12H,5-9,22H2,1-4H3,(H,24,26,27). The van der Waals surface area contributed by atoms with Crippen LogP contribution in [0.2, 0.25) is 0 Å². The van der Waals surface area contributed by atoms with Crippen LogP contribution in [0.4, 0.5) is 10.8 Å². The zero-order valence-electron chi connectivity index (χ0n) is 17.3. The van der Waals surface area contributed by atoms with Crippen LogP contribution in [-0.4, -0.2) is 21.1 Å². The molecule has 1 amide bonds. The van der Waals surface area contributed by atoms with Gasteiger partial charge in [-0.05, 0) is 48.6 Å². The van der Waals surface area contributed by atoms with E-state index in [1.807, 2.05) is 6.92 Å². The third-order valence-corrected chi connectivity index (χ3v) is 8.39. The van der Waals surface area contributed by atoms with Crippen LogP contribution in [0, 0.1) is 11.3 Å². The summed E-state index contributed by atoms with van der Waals surface area (Å²) < 4.78 is 0. The fourth-order valence-electron chi connectivity index (χ4n) is 3.92. The molecule has 1 atom stereocenters. The monoisotopic (exact) mass is 429 g/mol. The van der Waals surface area contributed by atoms with Gasteiger partial charge in [-0.1, -0.05) is 45.5 Å². The largest absolute Gasteiger partial charge is 0.397 e. The molecule has 0 radical (unpaired) electrons. The molecule has 0 aromatic carbocycles. The zero-order valence-corrected chi connectivity index (χ0v) is 19.0. The number of amides is 1. The molecule has 1 unspecified atom stereocenters. The molecule has 3 aromatic rings. The van der Waals surface area contributed by atoms with Crippen molar-refractivity contribution in [2.24, 2.45) is 11.3 Å². The first kappa shape index (κ1) is 20.2. The summed E-state index contributed by atoms with van der Waals surface area (Å²) >= 11 is 2.74. The Bertz CT molecular complexity index is 1070. The summed E-state index contributed by atoms with van der Waals surface area (Å²) in [6.07, 6.45) is 5.14. The van der Waals surface area contributed by atoms with E-state index in [0.29, 0.717) is 27.0 Å². The number of hydrogen-bond donors (Lipinski definition) is 2. The second-order valence-corrected chi connectivity index (χ2v) is 10.4. The number of nitrogen functional groups attached to an aromatic ring is 1. The van der Waals surface area contributed by atoms with E-state index < -0.39 is 0 Å². The predicted octanol–water partition coefficient (Wildman–Crippen LogP) is 5.09. The summed E-state index contributed by atoms with van der Waals surface area (Å²) in [6, 6.07) is 2.16. The van der Waals surface area contributed by atoms with E-state index in [4.69, 9.17) is 10.7 Å². The quantitative estimate of drug-likeness (QED) is 0.589. The molecule has 0 spiro atoms. The Hall–Kier alpha value is -2.06. The Morgan fingerprint density at radius 1 is 1.31 bits per heavy atom. The topological polar surface area (TPSA) is 93.8 Å².